The van der Waals surface area contributed by atoms with Gasteiger partial charge in [-0.2, -0.15) is 0 Å². The molecule has 0 bridgehead atoms. The maximum atomic E-state index is 12.7. The molecular weight excluding hydrogens is 256 g/mol. The van der Waals surface area contributed by atoms with Gasteiger partial charge in [-0.3, -0.25) is 9.59 Å². The number of nitrogens with zero attached hydrogens (tertiary/aromatic N) is 1. The monoisotopic (exact) mass is 284 g/mol. The Morgan fingerprint density at radius 2 is 2.00 bits per heavy atom. The van der Waals surface area contributed by atoms with E-state index in [0.29, 0.717) is 18.9 Å². The molecule has 1 fully saturated rings. The maximum absolute atomic E-state index is 12.7. The summed E-state index contributed by atoms with van der Waals surface area (Å²) in [5, 5.41) is 2.85. The average molecular weight is 284 g/mol. The molecule has 0 aromatic heterocycles. The molecule has 3 atom stereocenters. The van der Waals surface area contributed by atoms with Gasteiger partial charge < -0.3 is 15.0 Å². The number of rotatable bonds is 7. The molecule has 1 aliphatic heterocycles. The summed E-state index contributed by atoms with van der Waals surface area (Å²) in [5.74, 6) is 0.334. The predicted octanol–water partition coefficient (Wildman–Crippen LogP) is 1.56. The highest BCUT2D eigenvalue weighted by Crippen LogP contribution is 2.20. The summed E-state index contributed by atoms with van der Waals surface area (Å²) in [4.78, 5) is 26.5. The molecule has 1 saturated heterocycles. The van der Waals surface area contributed by atoms with Crippen molar-refractivity contribution in [3.05, 3.63) is 0 Å². The van der Waals surface area contributed by atoms with Crippen LogP contribution < -0.4 is 5.32 Å². The summed E-state index contributed by atoms with van der Waals surface area (Å²) in [7, 11) is 1.63. The highest BCUT2D eigenvalue weighted by atomic mass is 16.5. The van der Waals surface area contributed by atoms with Crippen LogP contribution >= 0.6 is 0 Å². The highest BCUT2D eigenvalue weighted by Gasteiger charge is 2.41. The first kappa shape index (κ1) is 17.0. The van der Waals surface area contributed by atoms with E-state index >= 15 is 0 Å². The van der Waals surface area contributed by atoms with E-state index in [1.165, 1.54) is 0 Å². The molecule has 1 aliphatic rings. The molecule has 0 aromatic rings. The van der Waals surface area contributed by atoms with E-state index in [0.717, 1.165) is 12.8 Å². The van der Waals surface area contributed by atoms with Gasteiger partial charge in [-0.15, -0.1) is 0 Å². The smallest absolute Gasteiger partial charge is 0.246 e. The normalized spacial score (nSPS) is 25.0. The lowest BCUT2D eigenvalue weighted by Gasteiger charge is -2.42. The van der Waals surface area contributed by atoms with Gasteiger partial charge in [0.05, 0.1) is 12.6 Å². The first-order valence-corrected chi connectivity index (χ1v) is 7.53. The quantitative estimate of drug-likeness (QED) is 0.772. The Morgan fingerprint density at radius 1 is 1.35 bits per heavy atom. The molecule has 1 rings (SSSR count). The van der Waals surface area contributed by atoms with Crippen LogP contribution in [0, 0.1) is 5.92 Å². The van der Waals surface area contributed by atoms with E-state index in [1.807, 2.05) is 0 Å². The summed E-state index contributed by atoms with van der Waals surface area (Å²) in [6, 6.07) is -0.833. The van der Waals surface area contributed by atoms with Gasteiger partial charge >= 0.3 is 0 Å². The third-order valence-electron chi connectivity index (χ3n) is 3.75. The van der Waals surface area contributed by atoms with Crippen molar-refractivity contribution in [2.45, 2.75) is 65.1 Å². The van der Waals surface area contributed by atoms with Crippen molar-refractivity contribution in [3.8, 4) is 0 Å². The number of carbonyl (C=O) groups excluding carboxylic acids is 2. The van der Waals surface area contributed by atoms with Crippen molar-refractivity contribution in [2.75, 3.05) is 13.7 Å². The second-order valence-corrected chi connectivity index (χ2v) is 6.01. The number of nitrogens with one attached hydrogen (secondary N) is 1. The number of hydrogen-bond acceptors (Lipinski definition) is 3. The molecule has 116 valence electrons. The maximum Gasteiger partial charge on any atom is 0.246 e. The van der Waals surface area contributed by atoms with E-state index in [-0.39, 0.29) is 17.9 Å². The van der Waals surface area contributed by atoms with Crippen molar-refractivity contribution in [1.82, 2.24) is 10.2 Å². The van der Waals surface area contributed by atoms with Crippen LogP contribution in [0.15, 0.2) is 0 Å². The molecule has 1 heterocycles. The van der Waals surface area contributed by atoms with E-state index in [1.54, 1.807) is 18.9 Å². The summed E-state index contributed by atoms with van der Waals surface area (Å²) < 4.78 is 5.23. The molecule has 0 aliphatic carbocycles. The minimum absolute atomic E-state index is 0.0202. The Hall–Kier alpha value is -1.10. The fourth-order valence-corrected chi connectivity index (χ4v) is 2.81. The van der Waals surface area contributed by atoms with Gasteiger partial charge in [-0.05, 0) is 25.7 Å². The van der Waals surface area contributed by atoms with Crippen LogP contribution in [-0.4, -0.2) is 48.6 Å². The molecule has 0 saturated carbocycles. The summed E-state index contributed by atoms with van der Waals surface area (Å²) in [6.45, 7) is 8.46. The van der Waals surface area contributed by atoms with Gasteiger partial charge in [0.25, 0.3) is 0 Å². The zero-order valence-corrected chi connectivity index (χ0v) is 13.3. The first-order valence-electron chi connectivity index (χ1n) is 7.53. The Kier molecular flexibility index (Phi) is 6.46. The Balaban J connectivity index is 2.93. The van der Waals surface area contributed by atoms with E-state index < -0.39 is 12.1 Å². The molecule has 0 radical (unpaired) electrons. The van der Waals surface area contributed by atoms with Crippen molar-refractivity contribution in [3.63, 3.8) is 0 Å². The summed E-state index contributed by atoms with van der Waals surface area (Å²) in [5.41, 5.74) is 0. The molecule has 5 nitrogen and oxygen atoms in total. The van der Waals surface area contributed by atoms with Crippen molar-refractivity contribution in [1.29, 1.82) is 0 Å². The average Bonchev–Trinajstić information content (AvgIpc) is 2.36. The molecule has 0 aromatic carbocycles. The molecule has 1 N–H and O–H groups in total. The van der Waals surface area contributed by atoms with Crippen LogP contribution in [0.3, 0.4) is 0 Å². The number of amides is 2. The standard InChI is InChI=1S/C15H28N2O3/c1-6-7-12(9-20-5)17-11(4)14(18)16-13(15(17)19)8-10(2)3/h10-13H,6-9H2,1-5H3,(H,16,18). The number of ether oxygens (including phenoxy) is 1. The second kappa shape index (κ2) is 7.62. The number of hydrogen-bond donors (Lipinski definition) is 1. The fraction of sp³-hybridized carbons (Fsp3) is 0.867. The van der Waals surface area contributed by atoms with Crippen LogP contribution in [0.2, 0.25) is 0 Å². The molecular formula is C15H28N2O3. The lowest BCUT2D eigenvalue weighted by atomic mass is 9.96. The number of methoxy groups -OCH3 is 1. The summed E-state index contributed by atoms with van der Waals surface area (Å²) in [6.07, 6.45) is 2.49. The van der Waals surface area contributed by atoms with Gasteiger partial charge in [0.2, 0.25) is 11.8 Å². The van der Waals surface area contributed by atoms with Gasteiger partial charge in [0.1, 0.15) is 12.1 Å². The molecule has 20 heavy (non-hydrogen) atoms. The lowest BCUT2D eigenvalue weighted by molar-refractivity contribution is -0.153. The minimum atomic E-state index is -0.419. The number of piperazine rings is 1. The molecule has 0 spiro atoms. The topological polar surface area (TPSA) is 58.6 Å². The molecule has 3 unspecified atom stereocenters. The molecule has 5 heteroatoms. The third-order valence-corrected chi connectivity index (χ3v) is 3.75. The predicted molar refractivity (Wildman–Crippen MR) is 78.3 cm³/mol. The minimum Gasteiger partial charge on any atom is -0.383 e. The van der Waals surface area contributed by atoms with E-state index in [9.17, 15) is 9.59 Å². The SMILES string of the molecule is CCCC(COC)N1C(=O)C(CC(C)C)NC(=O)C1C. The summed E-state index contributed by atoms with van der Waals surface area (Å²) >= 11 is 0. The Labute approximate surface area is 122 Å². The van der Waals surface area contributed by atoms with Gasteiger partial charge in [-0.1, -0.05) is 27.2 Å². The van der Waals surface area contributed by atoms with Gasteiger partial charge in [-0.25, -0.2) is 0 Å². The Morgan fingerprint density at radius 3 is 2.50 bits per heavy atom. The highest BCUT2D eigenvalue weighted by molar-refractivity contribution is 5.96. The zero-order valence-electron chi connectivity index (χ0n) is 13.3. The number of carbonyl (C=O) groups is 2. The van der Waals surface area contributed by atoms with Gasteiger partial charge in [0.15, 0.2) is 0 Å². The second-order valence-electron chi connectivity index (χ2n) is 6.01. The van der Waals surface area contributed by atoms with Crippen LogP contribution in [-0.2, 0) is 14.3 Å². The first-order chi connectivity index (χ1) is 9.42. The van der Waals surface area contributed by atoms with E-state index in [2.05, 4.69) is 26.1 Å². The van der Waals surface area contributed by atoms with Crippen LogP contribution in [0.25, 0.3) is 0 Å². The van der Waals surface area contributed by atoms with E-state index in [4.69, 9.17) is 4.74 Å². The molecule has 2 amide bonds. The van der Waals surface area contributed by atoms with Crippen LogP contribution in [0.4, 0.5) is 0 Å². The van der Waals surface area contributed by atoms with Crippen molar-refractivity contribution < 1.29 is 14.3 Å². The third kappa shape index (κ3) is 3.95. The van der Waals surface area contributed by atoms with Crippen LogP contribution in [0.5, 0.6) is 0 Å². The van der Waals surface area contributed by atoms with Crippen molar-refractivity contribution in [2.24, 2.45) is 5.92 Å². The van der Waals surface area contributed by atoms with Crippen molar-refractivity contribution >= 4 is 11.8 Å². The largest absolute Gasteiger partial charge is 0.383 e. The van der Waals surface area contributed by atoms with Crippen LogP contribution in [0.1, 0.15) is 47.0 Å². The Bertz CT molecular complexity index is 338. The zero-order chi connectivity index (χ0) is 15.3. The van der Waals surface area contributed by atoms with Gasteiger partial charge in [0, 0.05) is 7.11 Å². The lowest BCUT2D eigenvalue weighted by Crippen LogP contribution is -2.65. The fourth-order valence-electron chi connectivity index (χ4n) is 2.81.